The number of benzene rings is 1. The molecule has 4 nitrogen and oxygen atoms in total. The summed E-state index contributed by atoms with van der Waals surface area (Å²) < 4.78 is 1.50. The Morgan fingerprint density at radius 2 is 1.87 bits per heavy atom. The van der Waals surface area contributed by atoms with Gasteiger partial charge in [0.1, 0.15) is 16.4 Å². The summed E-state index contributed by atoms with van der Waals surface area (Å²) in [6.45, 7) is 0. The zero-order valence-corrected chi connectivity index (χ0v) is 17.1. The van der Waals surface area contributed by atoms with Crippen LogP contribution in [-0.2, 0) is 12.8 Å². The van der Waals surface area contributed by atoms with Crippen molar-refractivity contribution in [3.63, 3.8) is 0 Å². The molecular formula is C16H12I2N2O2S. The van der Waals surface area contributed by atoms with Crippen molar-refractivity contribution in [3.8, 4) is 17.1 Å². The van der Waals surface area contributed by atoms with E-state index in [1.807, 2.05) is 12.1 Å². The van der Waals surface area contributed by atoms with Crippen molar-refractivity contribution in [2.24, 2.45) is 0 Å². The van der Waals surface area contributed by atoms with E-state index in [2.05, 4.69) is 50.2 Å². The maximum absolute atomic E-state index is 12.6. The van der Waals surface area contributed by atoms with Gasteiger partial charge in [0.05, 0.1) is 12.5 Å². The third kappa shape index (κ3) is 2.70. The molecule has 1 aliphatic rings. The third-order valence-electron chi connectivity index (χ3n) is 4.12. The number of halogens is 2. The van der Waals surface area contributed by atoms with E-state index in [1.165, 1.54) is 16.9 Å². The van der Waals surface area contributed by atoms with Crippen molar-refractivity contribution < 1.29 is 5.11 Å². The molecule has 3 aromatic rings. The van der Waals surface area contributed by atoms with Crippen LogP contribution in [0.15, 0.2) is 16.9 Å². The molecule has 0 saturated carbocycles. The van der Waals surface area contributed by atoms with Gasteiger partial charge in [-0.2, -0.15) is 0 Å². The SMILES string of the molecule is O=c1[nH]c(-c2cc(I)c(O)c(I)c2)nc2sc3c(c12)CCCC3. The van der Waals surface area contributed by atoms with Crippen molar-refractivity contribution in [1.82, 2.24) is 9.97 Å². The normalized spacial score (nSPS) is 14.2. The van der Waals surface area contributed by atoms with Gasteiger partial charge in [-0.3, -0.25) is 4.79 Å². The Morgan fingerprint density at radius 3 is 2.61 bits per heavy atom. The van der Waals surface area contributed by atoms with E-state index in [-0.39, 0.29) is 11.3 Å². The number of phenols is 1. The number of H-pyrrole nitrogens is 1. The van der Waals surface area contributed by atoms with E-state index >= 15 is 0 Å². The maximum Gasteiger partial charge on any atom is 0.260 e. The number of aromatic nitrogens is 2. The van der Waals surface area contributed by atoms with E-state index in [1.54, 1.807) is 11.3 Å². The Kier molecular flexibility index (Phi) is 4.12. The maximum atomic E-state index is 12.6. The fourth-order valence-corrected chi connectivity index (χ4v) is 6.03. The van der Waals surface area contributed by atoms with E-state index in [0.717, 1.165) is 42.2 Å². The lowest BCUT2D eigenvalue weighted by Crippen LogP contribution is -2.11. The highest BCUT2D eigenvalue weighted by Gasteiger charge is 2.20. The van der Waals surface area contributed by atoms with Gasteiger partial charge in [-0.05, 0) is 88.6 Å². The Bertz CT molecular complexity index is 971. The van der Waals surface area contributed by atoms with Crippen LogP contribution in [0.2, 0.25) is 0 Å². The minimum absolute atomic E-state index is 0.0532. The number of hydrogen-bond acceptors (Lipinski definition) is 4. The van der Waals surface area contributed by atoms with Crippen molar-refractivity contribution in [2.75, 3.05) is 0 Å². The highest BCUT2D eigenvalue weighted by atomic mass is 127. The van der Waals surface area contributed by atoms with Crippen LogP contribution in [0, 0.1) is 7.14 Å². The monoisotopic (exact) mass is 550 g/mol. The molecule has 4 rings (SSSR count). The van der Waals surface area contributed by atoms with E-state index < -0.39 is 0 Å². The van der Waals surface area contributed by atoms with Crippen molar-refractivity contribution in [1.29, 1.82) is 0 Å². The molecule has 0 amide bonds. The fraction of sp³-hybridized carbons (Fsp3) is 0.250. The number of thiophene rings is 1. The lowest BCUT2D eigenvalue weighted by molar-refractivity contribution is 0.467. The number of rotatable bonds is 1. The molecule has 7 heteroatoms. The fourth-order valence-electron chi connectivity index (χ4n) is 3.00. The largest absolute Gasteiger partial charge is 0.506 e. The molecule has 1 aromatic carbocycles. The van der Waals surface area contributed by atoms with Crippen LogP contribution in [0.4, 0.5) is 0 Å². The van der Waals surface area contributed by atoms with Gasteiger partial charge in [0, 0.05) is 10.4 Å². The van der Waals surface area contributed by atoms with Gasteiger partial charge in [0.25, 0.3) is 5.56 Å². The summed E-state index contributed by atoms with van der Waals surface area (Å²) in [6, 6.07) is 3.69. The molecule has 0 atom stereocenters. The Morgan fingerprint density at radius 1 is 1.17 bits per heavy atom. The topological polar surface area (TPSA) is 66.0 Å². The number of phenolic OH excluding ortho intramolecular Hbond substituents is 1. The molecule has 23 heavy (non-hydrogen) atoms. The molecule has 0 fully saturated rings. The molecule has 0 unspecified atom stereocenters. The second-order valence-corrected chi connectivity index (χ2v) is 9.00. The molecule has 1 aliphatic carbocycles. The number of fused-ring (bicyclic) bond motifs is 3. The highest BCUT2D eigenvalue weighted by molar-refractivity contribution is 14.1. The Hall–Kier alpha value is -0.680. The average molecular weight is 550 g/mol. The van der Waals surface area contributed by atoms with Gasteiger partial charge in [-0.1, -0.05) is 0 Å². The summed E-state index contributed by atoms with van der Waals surface area (Å²) >= 11 is 5.82. The standard InChI is InChI=1S/C16H12I2N2O2S/c17-9-5-7(6-10(18)13(9)21)14-19-15(22)12-8-3-1-2-4-11(8)23-16(12)20-14/h5-6,21H,1-4H2,(H,19,20,22). The predicted octanol–water partition coefficient (Wildman–Crippen LogP) is 4.45. The lowest BCUT2D eigenvalue weighted by Gasteiger charge is -2.09. The average Bonchev–Trinajstić information content (AvgIpc) is 2.90. The molecule has 2 aromatic heterocycles. The van der Waals surface area contributed by atoms with Crippen molar-refractivity contribution in [3.05, 3.63) is 40.1 Å². The summed E-state index contributed by atoms with van der Waals surface area (Å²) in [5.74, 6) is 0.835. The van der Waals surface area contributed by atoms with Crippen LogP contribution in [0.5, 0.6) is 5.75 Å². The lowest BCUT2D eigenvalue weighted by atomic mass is 9.97. The van der Waals surface area contributed by atoms with Gasteiger partial charge >= 0.3 is 0 Å². The van der Waals surface area contributed by atoms with Crippen LogP contribution >= 0.6 is 56.5 Å². The second kappa shape index (κ2) is 5.99. The summed E-state index contributed by atoms with van der Waals surface area (Å²) in [4.78, 5) is 22.4. The molecule has 0 radical (unpaired) electrons. The van der Waals surface area contributed by atoms with Crippen LogP contribution < -0.4 is 5.56 Å². The van der Waals surface area contributed by atoms with Gasteiger partial charge in [0.15, 0.2) is 0 Å². The first-order valence-corrected chi connectivity index (χ1v) is 10.2. The molecule has 118 valence electrons. The van der Waals surface area contributed by atoms with Crippen molar-refractivity contribution in [2.45, 2.75) is 25.7 Å². The summed E-state index contributed by atoms with van der Waals surface area (Å²) in [5, 5.41) is 10.7. The van der Waals surface area contributed by atoms with E-state index in [0.29, 0.717) is 5.82 Å². The number of nitrogens with zero attached hydrogens (tertiary/aromatic N) is 1. The zero-order valence-electron chi connectivity index (χ0n) is 11.9. The molecule has 0 aliphatic heterocycles. The van der Waals surface area contributed by atoms with Gasteiger partial charge in [-0.15, -0.1) is 11.3 Å². The molecule has 0 bridgehead atoms. The highest BCUT2D eigenvalue weighted by Crippen LogP contribution is 2.35. The van der Waals surface area contributed by atoms with E-state index in [9.17, 15) is 9.90 Å². The number of nitrogens with one attached hydrogen (secondary N) is 1. The molecular weight excluding hydrogens is 538 g/mol. The first-order valence-electron chi connectivity index (χ1n) is 7.27. The van der Waals surface area contributed by atoms with Crippen LogP contribution in [0.3, 0.4) is 0 Å². The minimum atomic E-state index is -0.0532. The van der Waals surface area contributed by atoms with Crippen LogP contribution in [0.1, 0.15) is 23.3 Å². The Balaban J connectivity index is 1.94. The first kappa shape index (κ1) is 15.8. The van der Waals surface area contributed by atoms with Gasteiger partial charge in [0.2, 0.25) is 0 Å². The predicted molar refractivity (Wildman–Crippen MR) is 109 cm³/mol. The number of aromatic hydroxyl groups is 1. The second-order valence-electron chi connectivity index (χ2n) is 5.59. The van der Waals surface area contributed by atoms with Gasteiger partial charge in [-0.25, -0.2) is 4.98 Å². The number of aromatic amines is 1. The van der Waals surface area contributed by atoms with Crippen molar-refractivity contribution >= 4 is 66.7 Å². The summed E-state index contributed by atoms with van der Waals surface area (Å²) in [7, 11) is 0. The molecule has 2 heterocycles. The smallest absolute Gasteiger partial charge is 0.260 e. The first-order chi connectivity index (χ1) is 11.0. The van der Waals surface area contributed by atoms with E-state index in [4.69, 9.17) is 4.98 Å². The number of hydrogen-bond donors (Lipinski definition) is 2. The quantitative estimate of drug-likeness (QED) is 0.441. The Labute approximate surface area is 163 Å². The summed E-state index contributed by atoms with van der Waals surface area (Å²) in [5.41, 5.74) is 1.97. The third-order valence-corrected chi connectivity index (χ3v) is 6.95. The van der Waals surface area contributed by atoms with Crippen LogP contribution in [-0.4, -0.2) is 15.1 Å². The zero-order chi connectivity index (χ0) is 16.1. The molecule has 2 N–H and O–H groups in total. The molecule has 0 spiro atoms. The summed E-state index contributed by atoms with van der Waals surface area (Å²) in [6.07, 6.45) is 4.38. The van der Waals surface area contributed by atoms with Gasteiger partial charge < -0.3 is 10.1 Å². The number of aryl methyl sites for hydroxylation is 2. The minimum Gasteiger partial charge on any atom is -0.506 e. The van der Waals surface area contributed by atoms with Crippen LogP contribution in [0.25, 0.3) is 21.6 Å². The molecule has 0 saturated heterocycles.